The molecule has 51 heavy (non-hydrogen) atoms. The van der Waals surface area contributed by atoms with E-state index in [-0.39, 0.29) is 11.7 Å². The second-order valence-corrected chi connectivity index (χ2v) is 13.6. The number of aryl methyl sites for hydroxylation is 1. The lowest BCUT2D eigenvalue weighted by atomic mass is 9.87. The number of halogens is 1. The fraction of sp³-hybridized carbons (Fsp3) is 0.133. The maximum Gasteiger partial charge on any atom is 0.190 e. The van der Waals surface area contributed by atoms with Crippen molar-refractivity contribution in [3.63, 3.8) is 0 Å². The minimum atomic E-state index is -0.284. The Morgan fingerprint density at radius 3 is 1.57 bits per heavy atom. The third kappa shape index (κ3) is 7.01. The molecule has 7 aromatic rings. The molecule has 7 rings (SSSR count). The molecule has 0 fully saturated rings. The van der Waals surface area contributed by atoms with E-state index in [1.807, 2.05) is 24.3 Å². The van der Waals surface area contributed by atoms with Crippen molar-refractivity contribution in [3.8, 4) is 11.3 Å². The zero-order chi connectivity index (χ0) is 35.3. The van der Waals surface area contributed by atoms with Gasteiger partial charge in [0.2, 0.25) is 0 Å². The van der Waals surface area contributed by atoms with Gasteiger partial charge < -0.3 is 14.7 Å². The predicted molar refractivity (Wildman–Crippen MR) is 214 cm³/mol. The van der Waals surface area contributed by atoms with Crippen LogP contribution in [-0.4, -0.2) is 25.6 Å². The van der Waals surface area contributed by atoms with E-state index in [1.165, 1.54) is 6.07 Å². The first kappa shape index (κ1) is 33.8. The van der Waals surface area contributed by atoms with Crippen LogP contribution in [-0.2, 0) is 0 Å². The van der Waals surface area contributed by atoms with Crippen LogP contribution in [0, 0.1) is 12.7 Å². The molecule has 0 aliphatic rings. The van der Waals surface area contributed by atoms with Crippen LogP contribution in [0.25, 0.3) is 11.3 Å². The van der Waals surface area contributed by atoms with Crippen LogP contribution in [0.2, 0.25) is 0 Å². The van der Waals surface area contributed by atoms with Crippen LogP contribution < -0.4 is 14.7 Å². The number of aromatic nitrogens is 1. The highest BCUT2D eigenvalue weighted by atomic mass is 32.1. The summed E-state index contributed by atoms with van der Waals surface area (Å²) in [5.41, 5.74) is 10.0. The van der Waals surface area contributed by atoms with Gasteiger partial charge >= 0.3 is 0 Å². The molecule has 4 nitrogen and oxygen atoms in total. The minimum absolute atomic E-state index is 0.200. The molecule has 0 atom stereocenters. The Balaban J connectivity index is 1.38. The van der Waals surface area contributed by atoms with Gasteiger partial charge in [-0.15, -0.1) is 0 Å². The highest BCUT2D eigenvalue weighted by molar-refractivity contribution is 7.16. The molecule has 1 aromatic heterocycles. The molecule has 0 amide bonds. The van der Waals surface area contributed by atoms with Crippen molar-refractivity contribution in [1.29, 1.82) is 0 Å². The Labute approximate surface area is 304 Å². The number of para-hydroxylation sites is 3. The molecule has 0 aliphatic carbocycles. The molecule has 1 heterocycles. The first-order chi connectivity index (χ1) is 24.9. The minimum Gasteiger partial charge on any atom is -0.345 e. The average molecular weight is 689 g/mol. The van der Waals surface area contributed by atoms with Crippen LogP contribution in [0.3, 0.4) is 0 Å². The second kappa shape index (κ2) is 15.0. The Hall–Kier alpha value is -5.72. The Morgan fingerprint density at radius 2 is 1.06 bits per heavy atom. The molecule has 6 aromatic carbocycles. The van der Waals surface area contributed by atoms with E-state index >= 15 is 4.39 Å². The summed E-state index contributed by atoms with van der Waals surface area (Å²) in [6.07, 6.45) is 0. The summed E-state index contributed by atoms with van der Waals surface area (Å²) >= 11 is 1.64. The first-order valence-electron chi connectivity index (χ1n) is 17.3. The van der Waals surface area contributed by atoms with Crippen LogP contribution in [0.4, 0.5) is 38.0 Å². The van der Waals surface area contributed by atoms with E-state index in [1.54, 1.807) is 17.4 Å². The lowest BCUT2D eigenvalue weighted by Gasteiger charge is -2.24. The molecule has 0 N–H and O–H groups in total. The van der Waals surface area contributed by atoms with Gasteiger partial charge in [0.15, 0.2) is 5.13 Å². The number of rotatable bonds is 11. The van der Waals surface area contributed by atoms with Crippen molar-refractivity contribution in [2.75, 3.05) is 35.3 Å². The summed E-state index contributed by atoms with van der Waals surface area (Å²) in [6, 6.07) is 53.5. The number of hydrogen-bond donors (Lipinski definition) is 0. The van der Waals surface area contributed by atoms with Crippen molar-refractivity contribution in [2.45, 2.75) is 19.8 Å². The SMILES string of the molecule is CCN(c1nc(-c2ccccc2F)c(C(c2ccc(N(C)c3ccccc3)cc2)c2ccc(N(C)c3ccccc3)cc2)s1)c1ccccc1C. The highest BCUT2D eigenvalue weighted by Crippen LogP contribution is 2.46. The second-order valence-electron chi connectivity index (χ2n) is 12.6. The van der Waals surface area contributed by atoms with Gasteiger partial charge in [-0.25, -0.2) is 9.37 Å². The summed E-state index contributed by atoms with van der Waals surface area (Å²) in [6.45, 7) is 4.98. The lowest BCUT2D eigenvalue weighted by molar-refractivity contribution is 0.630. The maximum absolute atomic E-state index is 15.7. The molecule has 0 unspecified atom stereocenters. The highest BCUT2D eigenvalue weighted by Gasteiger charge is 2.28. The lowest BCUT2D eigenvalue weighted by Crippen LogP contribution is -2.16. The molecule has 0 spiro atoms. The smallest absolute Gasteiger partial charge is 0.190 e. The quantitative estimate of drug-likeness (QED) is 0.135. The van der Waals surface area contributed by atoms with Gasteiger partial charge in [-0.2, -0.15) is 0 Å². The van der Waals surface area contributed by atoms with Crippen molar-refractivity contribution in [2.24, 2.45) is 0 Å². The Kier molecular flexibility index (Phi) is 9.95. The molecule has 254 valence electrons. The third-order valence-corrected chi connectivity index (χ3v) is 10.6. The van der Waals surface area contributed by atoms with Gasteiger partial charge in [0.1, 0.15) is 5.82 Å². The Morgan fingerprint density at radius 1 is 0.588 bits per heavy atom. The summed E-state index contributed by atoms with van der Waals surface area (Å²) < 4.78 is 15.7. The predicted octanol–water partition coefficient (Wildman–Crippen LogP) is 12.1. The average Bonchev–Trinajstić information content (AvgIpc) is 3.60. The zero-order valence-corrected chi connectivity index (χ0v) is 30.2. The van der Waals surface area contributed by atoms with Crippen LogP contribution >= 0.6 is 11.3 Å². The number of anilines is 6. The standard InChI is InChI=1S/C45H41FN4S/c1-5-50(41-23-15-12-16-32(41)2)45-47-43(39-21-13-14-22-40(39)46)44(51-45)42(33-24-28-37(29-25-33)48(3)35-17-8-6-9-18-35)34-26-30-38(31-27-34)49(4)36-19-10-7-11-20-36/h6-31,42H,5H2,1-4H3. The van der Waals surface area contributed by atoms with Crippen LogP contribution in [0.1, 0.15) is 34.4 Å². The van der Waals surface area contributed by atoms with Gasteiger partial charge in [-0.05, 0) is 97.3 Å². The number of nitrogens with zero attached hydrogens (tertiary/aromatic N) is 4. The van der Waals surface area contributed by atoms with Gasteiger partial charge in [-0.3, -0.25) is 0 Å². The normalized spacial score (nSPS) is 11.1. The number of thiazole rings is 1. The zero-order valence-electron chi connectivity index (χ0n) is 29.4. The molecular formula is C45H41FN4S. The summed E-state index contributed by atoms with van der Waals surface area (Å²) in [5.74, 6) is -0.485. The van der Waals surface area contributed by atoms with E-state index in [9.17, 15) is 0 Å². The third-order valence-electron chi connectivity index (χ3n) is 9.50. The molecule has 6 heteroatoms. The fourth-order valence-corrected chi connectivity index (χ4v) is 7.94. The molecule has 0 saturated heterocycles. The van der Waals surface area contributed by atoms with Crippen LogP contribution in [0.15, 0.2) is 158 Å². The van der Waals surface area contributed by atoms with Crippen molar-refractivity contribution < 1.29 is 4.39 Å². The molecule has 0 bridgehead atoms. The van der Waals surface area contributed by atoms with Crippen molar-refractivity contribution >= 4 is 44.9 Å². The number of hydrogen-bond acceptors (Lipinski definition) is 5. The topological polar surface area (TPSA) is 22.6 Å². The first-order valence-corrected chi connectivity index (χ1v) is 18.1. The molecule has 0 aliphatic heterocycles. The Bertz CT molecular complexity index is 2110. The van der Waals surface area contributed by atoms with Crippen LogP contribution in [0.5, 0.6) is 0 Å². The van der Waals surface area contributed by atoms with E-state index in [0.717, 1.165) is 61.7 Å². The largest absolute Gasteiger partial charge is 0.345 e. The van der Waals surface area contributed by atoms with Crippen molar-refractivity contribution in [3.05, 3.63) is 185 Å². The van der Waals surface area contributed by atoms with E-state index in [4.69, 9.17) is 4.98 Å². The summed E-state index contributed by atoms with van der Waals surface area (Å²) in [4.78, 5) is 12.9. The van der Waals surface area contributed by atoms with Crippen molar-refractivity contribution in [1.82, 2.24) is 4.98 Å². The summed E-state index contributed by atoms with van der Waals surface area (Å²) in [5, 5.41) is 0.839. The monoisotopic (exact) mass is 688 g/mol. The van der Waals surface area contributed by atoms with E-state index in [2.05, 4.69) is 164 Å². The molecule has 0 radical (unpaired) electrons. The summed E-state index contributed by atoms with van der Waals surface area (Å²) in [7, 11) is 4.17. The molecule has 0 saturated carbocycles. The fourth-order valence-electron chi connectivity index (χ4n) is 6.63. The van der Waals surface area contributed by atoms with Gasteiger partial charge in [0, 0.05) is 65.4 Å². The molecular weight excluding hydrogens is 648 g/mol. The van der Waals surface area contributed by atoms with Gasteiger partial charge in [0.25, 0.3) is 0 Å². The van der Waals surface area contributed by atoms with Gasteiger partial charge in [-0.1, -0.05) is 102 Å². The number of benzene rings is 6. The maximum atomic E-state index is 15.7. The van der Waals surface area contributed by atoms with E-state index < -0.39 is 0 Å². The van der Waals surface area contributed by atoms with E-state index in [0.29, 0.717) is 11.3 Å². The van der Waals surface area contributed by atoms with Gasteiger partial charge in [0.05, 0.1) is 5.69 Å².